The van der Waals surface area contributed by atoms with Crippen LogP contribution in [0.4, 0.5) is 0 Å². The van der Waals surface area contributed by atoms with E-state index in [1.807, 2.05) is 44.2 Å². The number of benzene rings is 1. The molecule has 2 unspecified atom stereocenters. The van der Waals surface area contributed by atoms with Crippen LogP contribution in [0.1, 0.15) is 25.8 Å². The zero-order chi connectivity index (χ0) is 22.9. The number of aliphatic hydroxyl groups is 1. The van der Waals surface area contributed by atoms with Crippen LogP contribution < -0.4 is 4.74 Å². The van der Waals surface area contributed by atoms with Gasteiger partial charge in [0.2, 0.25) is 0 Å². The van der Waals surface area contributed by atoms with E-state index in [9.17, 15) is 9.90 Å². The zero-order valence-electron chi connectivity index (χ0n) is 18.8. The summed E-state index contributed by atoms with van der Waals surface area (Å²) in [5, 5.41) is 10.3. The van der Waals surface area contributed by atoms with Crippen molar-refractivity contribution in [1.29, 1.82) is 0 Å². The molecule has 0 fully saturated rings. The summed E-state index contributed by atoms with van der Waals surface area (Å²) < 4.78 is 22.0. The summed E-state index contributed by atoms with van der Waals surface area (Å²) in [7, 11) is 1.67. The number of aromatic nitrogens is 1. The molecule has 0 spiro atoms. The van der Waals surface area contributed by atoms with Crippen molar-refractivity contribution in [2.45, 2.75) is 33.0 Å². The molecule has 1 aromatic heterocycles. The van der Waals surface area contributed by atoms with Gasteiger partial charge in [0.15, 0.2) is 0 Å². The number of ether oxygens (including phenoxy) is 4. The molecule has 1 aliphatic rings. The van der Waals surface area contributed by atoms with E-state index in [1.54, 1.807) is 25.6 Å². The molecular weight excluding hydrogens is 410 g/mol. The molecule has 1 aliphatic heterocycles. The van der Waals surface area contributed by atoms with Crippen LogP contribution in [0.25, 0.3) is 11.1 Å². The van der Waals surface area contributed by atoms with E-state index in [-0.39, 0.29) is 36.8 Å². The standard InChI is InChI=1S/C25H31NO6/c1-17(2)21-14-24(32-25(21)28)22(27)16-30-15-18-5-6-20(19-7-9-26-10-8-19)23(13-18)31-12-4-11-29-3/h5-10,13-14,17,21-22,27H,4,11-12,15-16H2,1-3H3. The largest absolute Gasteiger partial charge is 0.493 e. The smallest absolute Gasteiger partial charge is 0.318 e. The average molecular weight is 442 g/mol. The predicted molar refractivity (Wildman–Crippen MR) is 120 cm³/mol. The summed E-state index contributed by atoms with van der Waals surface area (Å²) in [6.45, 7) is 5.36. The Morgan fingerprint density at radius 1 is 1.16 bits per heavy atom. The summed E-state index contributed by atoms with van der Waals surface area (Å²) in [6.07, 6.45) is 4.98. The summed E-state index contributed by atoms with van der Waals surface area (Å²) in [5.74, 6) is 0.494. The lowest BCUT2D eigenvalue weighted by Crippen LogP contribution is -2.19. The Bertz CT molecular complexity index is 912. The van der Waals surface area contributed by atoms with Gasteiger partial charge in [-0.25, -0.2) is 0 Å². The lowest BCUT2D eigenvalue weighted by atomic mass is 9.96. The van der Waals surface area contributed by atoms with E-state index in [2.05, 4.69) is 4.98 Å². The van der Waals surface area contributed by atoms with E-state index in [4.69, 9.17) is 18.9 Å². The third-order valence-electron chi connectivity index (χ3n) is 5.21. The minimum Gasteiger partial charge on any atom is -0.493 e. The predicted octanol–water partition coefficient (Wildman–Crippen LogP) is 3.75. The van der Waals surface area contributed by atoms with Gasteiger partial charge < -0.3 is 24.1 Å². The Labute approximate surface area is 189 Å². The molecule has 2 atom stereocenters. The molecular formula is C25H31NO6. The molecule has 32 heavy (non-hydrogen) atoms. The fourth-order valence-electron chi connectivity index (χ4n) is 3.41. The molecule has 7 nitrogen and oxygen atoms in total. The van der Waals surface area contributed by atoms with Crippen molar-refractivity contribution in [3.8, 4) is 16.9 Å². The average Bonchev–Trinajstić information content (AvgIpc) is 3.19. The number of esters is 1. The highest BCUT2D eigenvalue weighted by molar-refractivity contribution is 5.78. The molecule has 0 saturated heterocycles. The van der Waals surface area contributed by atoms with Crippen LogP contribution >= 0.6 is 0 Å². The van der Waals surface area contributed by atoms with Gasteiger partial charge in [-0.1, -0.05) is 26.0 Å². The number of rotatable bonds is 12. The summed E-state index contributed by atoms with van der Waals surface area (Å²) >= 11 is 0. The summed E-state index contributed by atoms with van der Waals surface area (Å²) in [4.78, 5) is 16.0. The van der Waals surface area contributed by atoms with Gasteiger partial charge in [-0.05, 0) is 41.3 Å². The molecule has 0 saturated carbocycles. The van der Waals surface area contributed by atoms with Gasteiger partial charge in [0.05, 0.1) is 25.7 Å². The van der Waals surface area contributed by atoms with E-state index in [0.29, 0.717) is 13.2 Å². The number of methoxy groups -OCH3 is 1. The Kier molecular flexibility index (Phi) is 8.79. The van der Waals surface area contributed by atoms with Gasteiger partial charge in [-0.2, -0.15) is 0 Å². The number of carbonyl (C=O) groups is 1. The minimum absolute atomic E-state index is 0.0278. The molecule has 1 aromatic carbocycles. The summed E-state index contributed by atoms with van der Waals surface area (Å²) in [6, 6.07) is 9.77. The first-order valence-electron chi connectivity index (χ1n) is 10.8. The number of aliphatic hydroxyl groups excluding tert-OH is 1. The first-order valence-corrected chi connectivity index (χ1v) is 10.8. The van der Waals surface area contributed by atoms with Gasteiger partial charge in [-0.15, -0.1) is 0 Å². The third kappa shape index (κ3) is 6.38. The Balaban J connectivity index is 1.62. The first kappa shape index (κ1) is 23.9. The van der Waals surface area contributed by atoms with Crippen LogP contribution in [-0.2, 0) is 25.6 Å². The third-order valence-corrected chi connectivity index (χ3v) is 5.21. The molecule has 7 heteroatoms. The van der Waals surface area contributed by atoms with Gasteiger partial charge >= 0.3 is 5.97 Å². The van der Waals surface area contributed by atoms with Gasteiger partial charge in [-0.3, -0.25) is 9.78 Å². The van der Waals surface area contributed by atoms with Gasteiger partial charge in [0, 0.05) is 38.1 Å². The van der Waals surface area contributed by atoms with E-state index in [1.165, 1.54) is 0 Å². The lowest BCUT2D eigenvalue weighted by Gasteiger charge is -2.15. The number of hydrogen-bond acceptors (Lipinski definition) is 7. The van der Waals surface area contributed by atoms with E-state index < -0.39 is 6.10 Å². The molecule has 2 heterocycles. The molecule has 0 radical (unpaired) electrons. The van der Waals surface area contributed by atoms with Crippen molar-refractivity contribution < 1.29 is 28.8 Å². The lowest BCUT2D eigenvalue weighted by molar-refractivity contribution is -0.142. The van der Waals surface area contributed by atoms with Crippen molar-refractivity contribution in [2.75, 3.05) is 26.9 Å². The van der Waals surface area contributed by atoms with Crippen LogP contribution in [0.15, 0.2) is 54.6 Å². The zero-order valence-corrected chi connectivity index (χ0v) is 18.8. The van der Waals surface area contributed by atoms with Crippen molar-refractivity contribution in [2.24, 2.45) is 11.8 Å². The Morgan fingerprint density at radius 2 is 1.94 bits per heavy atom. The highest BCUT2D eigenvalue weighted by atomic mass is 16.6. The molecule has 0 bridgehead atoms. The maximum absolute atomic E-state index is 11.9. The van der Waals surface area contributed by atoms with Gasteiger partial charge in [0.1, 0.15) is 17.6 Å². The topological polar surface area (TPSA) is 87.1 Å². The number of pyridine rings is 1. The monoisotopic (exact) mass is 441 g/mol. The molecule has 0 aliphatic carbocycles. The number of nitrogens with zero attached hydrogens (tertiary/aromatic N) is 1. The number of hydrogen-bond donors (Lipinski definition) is 1. The Morgan fingerprint density at radius 3 is 2.62 bits per heavy atom. The molecule has 0 amide bonds. The second-order valence-corrected chi connectivity index (χ2v) is 8.05. The summed E-state index contributed by atoms with van der Waals surface area (Å²) in [5.41, 5.74) is 2.89. The second-order valence-electron chi connectivity index (χ2n) is 8.05. The molecule has 172 valence electrons. The highest BCUT2D eigenvalue weighted by Crippen LogP contribution is 2.31. The number of carbonyl (C=O) groups excluding carboxylic acids is 1. The second kappa shape index (κ2) is 11.8. The van der Waals surface area contributed by atoms with Crippen LogP contribution in [0.5, 0.6) is 5.75 Å². The van der Waals surface area contributed by atoms with Crippen molar-refractivity contribution in [3.05, 3.63) is 60.1 Å². The van der Waals surface area contributed by atoms with Crippen LogP contribution in [-0.4, -0.2) is 49.1 Å². The molecule has 3 rings (SSSR count). The van der Waals surface area contributed by atoms with Gasteiger partial charge in [0.25, 0.3) is 0 Å². The molecule has 1 N–H and O–H groups in total. The van der Waals surface area contributed by atoms with Crippen molar-refractivity contribution >= 4 is 5.97 Å². The van der Waals surface area contributed by atoms with Crippen molar-refractivity contribution in [1.82, 2.24) is 4.98 Å². The van der Waals surface area contributed by atoms with Crippen LogP contribution in [0, 0.1) is 11.8 Å². The maximum Gasteiger partial charge on any atom is 0.318 e. The fourth-order valence-corrected chi connectivity index (χ4v) is 3.41. The Hall–Kier alpha value is -2.74. The molecule has 2 aromatic rings. The maximum atomic E-state index is 11.9. The number of cyclic esters (lactones) is 1. The fraction of sp³-hybridized carbons (Fsp3) is 0.440. The highest BCUT2D eigenvalue weighted by Gasteiger charge is 2.32. The van der Waals surface area contributed by atoms with Crippen molar-refractivity contribution in [3.63, 3.8) is 0 Å². The quantitative estimate of drug-likeness (QED) is 0.396. The van der Waals surface area contributed by atoms with E-state index in [0.717, 1.165) is 28.9 Å². The first-order chi connectivity index (χ1) is 15.5. The van der Waals surface area contributed by atoms with Crippen LogP contribution in [0.3, 0.4) is 0 Å². The SMILES string of the molecule is COCCCOc1cc(COCC(O)C2=CC(C(C)C)C(=O)O2)ccc1-c1ccncc1. The van der Waals surface area contributed by atoms with Crippen LogP contribution in [0.2, 0.25) is 0 Å². The minimum atomic E-state index is -0.983. The van der Waals surface area contributed by atoms with E-state index >= 15 is 0 Å². The normalized spacial score (nSPS) is 16.7.